The molecule has 0 radical (unpaired) electrons. The maximum absolute atomic E-state index is 10.6. The van der Waals surface area contributed by atoms with Crippen LogP contribution in [0.4, 0.5) is 0 Å². The quantitative estimate of drug-likeness (QED) is 0.594. The molecule has 2 atom stereocenters. The Balaban J connectivity index is 2.72. The summed E-state index contributed by atoms with van der Waals surface area (Å²) in [6.07, 6.45) is 0.142. The fourth-order valence-electron chi connectivity index (χ4n) is 1.64. The second-order valence-corrected chi connectivity index (χ2v) is 3.84. The van der Waals surface area contributed by atoms with Gasteiger partial charge in [-0.2, -0.15) is 0 Å². The summed E-state index contributed by atoms with van der Waals surface area (Å²) in [6, 6.07) is 9.00. The van der Waals surface area contributed by atoms with Crippen molar-refractivity contribution in [2.75, 3.05) is 6.54 Å². The van der Waals surface area contributed by atoms with E-state index in [4.69, 9.17) is 0 Å². The Morgan fingerprint density at radius 1 is 1.38 bits per heavy atom. The van der Waals surface area contributed by atoms with Crippen LogP contribution in [0, 0.1) is 4.91 Å². The lowest BCUT2D eigenvalue weighted by Crippen LogP contribution is -2.33. The number of hydrogen-bond donors (Lipinski definition) is 1. The highest BCUT2D eigenvalue weighted by molar-refractivity contribution is 5.18. The van der Waals surface area contributed by atoms with E-state index in [1.54, 1.807) is 6.92 Å². The molecule has 1 N–H and O–H groups in total. The van der Waals surface area contributed by atoms with E-state index < -0.39 is 6.10 Å². The average molecular weight is 222 g/mol. The smallest absolute Gasteiger partial charge is 0.101 e. The van der Waals surface area contributed by atoms with Gasteiger partial charge in [-0.05, 0) is 18.9 Å². The summed E-state index contributed by atoms with van der Waals surface area (Å²) in [5.74, 6) is 0. The zero-order chi connectivity index (χ0) is 12.0. The van der Waals surface area contributed by atoms with Gasteiger partial charge in [0.15, 0.2) is 0 Å². The first-order chi connectivity index (χ1) is 7.70. The van der Waals surface area contributed by atoms with Crippen molar-refractivity contribution in [2.45, 2.75) is 32.4 Å². The molecule has 0 saturated heterocycles. The first-order valence-corrected chi connectivity index (χ1v) is 5.53. The van der Waals surface area contributed by atoms with Crippen molar-refractivity contribution < 1.29 is 5.11 Å². The topological polar surface area (TPSA) is 52.9 Å². The lowest BCUT2D eigenvalue weighted by molar-refractivity contribution is 0.0582. The Bertz CT molecular complexity index is 316. The van der Waals surface area contributed by atoms with Crippen LogP contribution in [-0.2, 0) is 0 Å². The number of benzene rings is 1. The first kappa shape index (κ1) is 12.6. The molecule has 0 unspecified atom stereocenters. The molecular weight excluding hydrogens is 204 g/mol. The van der Waals surface area contributed by atoms with Gasteiger partial charge in [0, 0.05) is 6.54 Å². The summed E-state index contributed by atoms with van der Waals surface area (Å²) in [7, 11) is 0. The van der Waals surface area contributed by atoms with Crippen LogP contribution in [0.1, 0.15) is 31.9 Å². The Morgan fingerprint density at radius 2 is 2.00 bits per heavy atom. The van der Waals surface area contributed by atoms with Gasteiger partial charge in [-0.3, -0.25) is 5.01 Å². The van der Waals surface area contributed by atoms with E-state index in [1.807, 2.05) is 37.3 Å². The Morgan fingerprint density at radius 3 is 2.50 bits per heavy atom. The third-order valence-corrected chi connectivity index (χ3v) is 2.63. The van der Waals surface area contributed by atoms with Gasteiger partial charge in [-0.1, -0.05) is 37.3 Å². The van der Waals surface area contributed by atoms with Gasteiger partial charge in [-0.25, -0.2) is 0 Å². The van der Waals surface area contributed by atoms with Crippen LogP contribution in [0.3, 0.4) is 0 Å². The highest BCUT2D eigenvalue weighted by Gasteiger charge is 2.22. The zero-order valence-corrected chi connectivity index (χ0v) is 9.71. The minimum Gasteiger partial charge on any atom is -0.386 e. The predicted molar refractivity (Wildman–Crippen MR) is 63.7 cm³/mol. The second kappa shape index (κ2) is 6.23. The molecule has 16 heavy (non-hydrogen) atoms. The van der Waals surface area contributed by atoms with Crippen molar-refractivity contribution >= 4 is 0 Å². The summed E-state index contributed by atoms with van der Waals surface area (Å²) >= 11 is 0. The molecule has 88 valence electrons. The monoisotopic (exact) mass is 222 g/mol. The summed E-state index contributed by atoms with van der Waals surface area (Å²) in [5, 5.41) is 14.4. The van der Waals surface area contributed by atoms with E-state index in [1.165, 1.54) is 5.01 Å². The van der Waals surface area contributed by atoms with Gasteiger partial charge in [0.05, 0.1) is 11.3 Å². The van der Waals surface area contributed by atoms with Crippen LogP contribution in [0.25, 0.3) is 0 Å². The Kier molecular flexibility index (Phi) is 4.92. The van der Waals surface area contributed by atoms with Crippen LogP contribution < -0.4 is 0 Å². The number of aliphatic hydroxyl groups excluding tert-OH is 1. The van der Waals surface area contributed by atoms with Crippen molar-refractivity contribution in [1.29, 1.82) is 0 Å². The molecule has 0 aliphatic carbocycles. The van der Waals surface area contributed by atoms with Gasteiger partial charge in [-0.15, -0.1) is 4.91 Å². The van der Waals surface area contributed by atoms with Gasteiger partial charge < -0.3 is 5.11 Å². The molecular formula is C12H18N2O2. The van der Waals surface area contributed by atoms with Crippen molar-refractivity contribution in [3.63, 3.8) is 0 Å². The molecule has 0 aliphatic rings. The van der Waals surface area contributed by atoms with Crippen LogP contribution >= 0.6 is 0 Å². The molecule has 4 nitrogen and oxygen atoms in total. The van der Waals surface area contributed by atoms with Crippen LogP contribution in [0.5, 0.6) is 0 Å². The molecule has 1 aromatic rings. The predicted octanol–water partition coefficient (Wildman–Crippen LogP) is 2.50. The molecule has 0 fully saturated rings. The summed E-state index contributed by atoms with van der Waals surface area (Å²) in [4.78, 5) is 10.6. The van der Waals surface area contributed by atoms with E-state index in [0.29, 0.717) is 6.54 Å². The Labute approximate surface area is 95.8 Å². The SMILES string of the molecule is CCCN(N=O)[C@@H](C)[C@H](O)c1ccccc1. The fourth-order valence-corrected chi connectivity index (χ4v) is 1.64. The number of rotatable bonds is 6. The molecule has 0 spiro atoms. The normalized spacial score (nSPS) is 14.2. The largest absolute Gasteiger partial charge is 0.386 e. The van der Waals surface area contributed by atoms with Crippen LogP contribution in [-0.4, -0.2) is 22.7 Å². The summed E-state index contributed by atoms with van der Waals surface area (Å²) < 4.78 is 0. The summed E-state index contributed by atoms with van der Waals surface area (Å²) in [6.45, 7) is 4.34. The Hall–Kier alpha value is -1.42. The lowest BCUT2D eigenvalue weighted by Gasteiger charge is -2.27. The molecule has 0 bridgehead atoms. The second-order valence-electron chi connectivity index (χ2n) is 3.84. The van der Waals surface area contributed by atoms with Crippen molar-refractivity contribution in [3.05, 3.63) is 40.8 Å². The minimum absolute atomic E-state index is 0.306. The third-order valence-electron chi connectivity index (χ3n) is 2.63. The maximum atomic E-state index is 10.6. The van der Waals surface area contributed by atoms with E-state index in [-0.39, 0.29) is 6.04 Å². The highest BCUT2D eigenvalue weighted by atomic mass is 16.3. The zero-order valence-electron chi connectivity index (χ0n) is 9.71. The van der Waals surface area contributed by atoms with E-state index >= 15 is 0 Å². The van der Waals surface area contributed by atoms with Crippen molar-refractivity contribution in [2.24, 2.45) is 5.29 Å². The van der Waals surface area contributed by atoms with Gasteiger partial charge in [0.1, 0.15) is 6.10 Å². The van der Waals surface area contributed by atoms with Gasteiger partial charge >= 0.3 is 0 Å². The maximum Gasteiger partial charge on any atom is 0.101 e. The van der Waals surface area contributed by atoms with Crippen LogP contribution in [0.15, 0.2) is 35.6 Å². The first-order valence-electron chi connectivity index (χ1n) is 5.53. The third kappa shape index (κ3) is 3.03. The van der Waals surface area contributed by atoms with Crippen LogP contribution in [0.2, 0.25) is 0 Å². The van der Waals surface area contributed by atoms with Gasteiger partial charge in [0.2, 0.25) is 0 Å². The molecule has 0 amide bonds. The molecule has 1 aromatic carbocycles. The standard InChI is InChI=1S/C12H18N2O2/c1-3-9-14(13-16)10(2)12(15)11-7-5-4-6-8-11/h4-8,10,12,15H,3,9H2,1-2H3/t10-,12-/m0/s1. The van der Waals surface area contributed by atoms with E-state index in [2.05, 4.69) is 5.29 Å². The highest BCUT2D eigenvalue weighted by Crippen LogP contribution is 2.20. The minimum atomic E-state index is -0.689. The molecule has 1 rings (SSSR count). The van der Waals surface area contributed by atoms with E-state index in [0.717, 1.165) is 12.0 Å². The molecule has 0 heterocycles. The molecule has 0 aliphatic heterocycles. The van der Waals surface area contributed by atoms with Gasteiger partial charge in [0.25, 0.3) is 0 Å². The number of nitrogens with zero attached hydrogens (tertiary/aromatic N) is 2. The number of hydrogen-bond acceptors (Lipinski definition) is 3. The van der Waals surface area contributed by atoms with Crippen molar-refractivity contribution in [1.82, 2.24) is 5.01 Å². The summed E-state index contributed by atoms with van der Waals surface area (Å²) in [5.41, 5.74) is 0.805. The lowest BCUT2D eigenvalue weighted by atomic mass is 10.0. The fraction of sp³-hybridized carbons (Fsp3) is 0.500. The number of aliphatic hydroxyl groups is 1. The average Bonchev–Trinajstić information content (AvgIpc) is 2.35. The van der Waals surface area contributed by atoms with Crippen molar-refractivity contribution in [3.8, 4) is 0 Å². The molecule has 0 aromatic heterocycles. The molecule has 0 saturated carbocycles. The number of nitroso groups, excluding NO2 is 1. The molecule has 4 heteroatoms. The van der Waals surface area contributed by atoms with E-state index in [9.17, 15) is 10.0 Å².